The number of nitrogens with zero attached hydrogens (tertiary/aromatic N) is 1. The van der Waals surface area contributed by atoms with Gasteiger partial charge in [-0.25, -0.2) is 0 Å². The van der Waals surface area contributed by atoms with Crippen LogP contribution in [0.25, 0.3) is 0 Å². The van der Waals surface area contributed by atoms with Crippen LogP contribution in [-0.4, -0.2) is 20.0 Å². The van der Waals surface area contributed by atoms with E-state index >= 15 is 0 Å². The molecule has 0 unspecified atom stereocenters. The molecular formula is C22H23N3O. The largest absolute Gasteiger partial charge is 0.378 e. The van der Waals surface area contributed by atoms with Gasteiger partial charge in [0.25, 0.3) is 0 Å². The van der Waals surface area contributed by atoms with Crippen molar-refractivity contribution in [3.63, 3.8) is 0 Å². The van der Waals surface area contributed by atoms with E-state index in [-0.39, 0.29) is 5.91 Å². The molecule has 0 saturated heterocycles. The molecule has 0 bridgehead atoms. The summed E-state index contributed by atoms with van der Waals surface area (Å²) in [4.78, 5) is 14.2. The lowest BCUT2D eigenvalue weighted by atomic mass is 10.1. The van der Waals surface area contributed by atoms with E-state index in [2.05, 4.69) is 27.7 Å². The Labute approximate surface area is 154 Å². The van der Waals surface area contributed by atoms with Crippen molar-refractivity contribution >= 4 is 28.7 Å². The molecule has 3 aromatic rings. The molecular weight excluding hydrogens is 322 g/mol. The molecule has 1 amide bonds. The fourth-order valence-electron chi connectivity index (χ4n) is 2.63. The zero-order valence-electron chi connectivity index (χ0n) is 15.1. The van der Waals surface area contributed by atoms with Crippen molar-refractivity contribution in [2.45, 2.75) is 6.42 Å². The van der Waals surface area contributed by atoms with Crippen LogP contribution in [0.3, 0.4) is 0 Å². The summed E-state index contributed by atoms with van der Waals surface area (Å²) in [6, 6.07) is 25.7. The average Bonchev–Trinajstić information content (AvgIpc) is 2.64. The summed E-state index contributed by atoms with van der Waals surface area (Å²) in [5.41, 5.74) is 4.95. The molecule has 0 fully saturated rings. The Kier molecular flexibility index (Phi) is 5.54. The summed E-state index contributed by atoms with van der Waals surface area (Å²) >= 11 is 0. The first-order valence-electron chi connectivity index (χ1n) is 8.58. The van der Waals surface area contributed by atoms with Crippen molar-refractivity contribution in [2.24, 2.45) is 0 Å². The van der Waals surface area contributed by atoms with Crippen molar-refractivity contribution in [1.82, 2.24) is 0 Å². The van der Waals surface area contributed by atoms with Crippen molar-refractivity contribution < 1.29 is 4.79 Å². The van der Waals surface area contributed by atoms with E-state index in [0.717, 1.165) is 28.3 Å². The molecule has 0 saturated carbocycles. The molecule has 0 spiro atoms. The summed E-state index contributed by atoms with van der Waals surface area (Å²) in [7, 11) is 4.04. The Hall–Kier alpha value is -3.27. The highest BCUT2D eigenvalue weighted by Gasteiger charge is 2.04. The van der Waals surface area contributed by atoms with E-state index in [1.54, 1.807) is 0 Å². The number of rotatable bonds is 6. The highest BCUT2D eigenvalue weighted by molar-refractivity contribution is 5.92. The SMILES string of the molecule is CN(C)c1ccc(Nc2ccc(NC(=O)Cc3ccccc3)cc2)cc1. The Balaban J connectivity index is 1.57. The van der Waals surface area contributed by atoms with Crippen molar-refractivity contribution in [3.8, 4) is 0 Å². The molecule has 0 radical (unpaired) electrons. The average molecular weight is 345 g/mol. The summed E-state index contributed by atoms with van der Waals surface area (Å²) in [6.07, 6.45) is 0.374. The third-order valence-corrected chi connectivity index (χ3v) is 4.05. The lowest BCUT2D eigenvalue weighted by molar-refractivity contribution is -0.115. The standard InChI is InChI=1S/C22H23N3O/c1-25(2)21-14-12-19(13-15-21)23-18-8-10-20(11-9-18)24-22(26)16-17-6-4-3-5-7-17/h3-15,23H,16H2,1-2H3,(H,24,26). The molecule has 0 aromatic heterocycles. The highest BCUT2D eigenvalue weighted by atomic mass is 16.1. The fraction of sp³-hybridized carbons (Fsp3) is 0.136. The first-order chi connectivity index (χ1) is 12.6. The number of hydrogen-bond donors (Lipinski definition) is 2. The molecule has 26 heavy (non-hydrogen) atoms. The maximum atomic E-state index is 12.1. The van der Waals surface area contributed by atoms with Gasteiger partial charge in [0.15, 0.2) is 0 Å². The molecule has 3 rings (SSSR count). The lowest BCUT2D eigenvalue weighted by Gasteiger charge is -2.13. The second-order valence-electron chi connectivity index (χ2n) is 6.35. The van der Waals surface area contributed by atoms with Crippen LogP contribution >= 0.6 is 0 Å². The molecule has 4 heteroatoms. The third kappa shape index (κ3) is 4.86. The van der Waals surface area contributed by atoms with E-state index in [1.807, 2.05) is 80.8 Å². The fourth-order valence-corrected chi connectivity index (χ4v) is 2.63. The number of carbonyl (C=O) groups is 1. The van der Waals surface area contributed by atoms with E-state index in [9.17, 15) is 4.79 Å². The maximum Gasteiger partial charge on any atom is 0.228 e. The van der Waals surface area contributed by atoms with Crippen molar-refractivity contribution in [2.75, 3.05) is 29.6 Å². The Bertz CT molecular complexity index is 841. The van der Waals surface area contributed by atoms with Gasteiger partial charge in [0, 0.05) is 36.8 Å². The topological polar surface area (TPSA) is 44.4 Å². The van der Waals surface area contributed by atoms with Crippen LogP contribution in [0.15, 0.2) is 78.9 Å². The second kappa shape index (κ2) is 8.21. The number of benzene rings is 3. The molecule has 132 valence electrons. The Morgan fingerprint density at radius 2 is 1.31 bits per heavy atom. The number of carbonyl (C=O) groups excluding carboxylic acids is 1. The van der Waals surface area contributed by atoms with E-state index in [4.69, 9.17) is 0 Å². The van der Waals surface area contributed by atoms with Crippen LogP contribution in [0, 0.1) is 0 Å². The summed E-state index contributed by atoms with van der Waals surface area (Å²) in [5.74, 6) is -0.0174. The van der Waals surface area contributed by atoms with Gasteiger partial charge in [-0.2, -0.15) is 0 Å². The van der Waals surface area contributed by atoms with Gasteiger partial charge in [-0.05, 0) is 54.1 Å². The molecule has 4 nitrogen and oxygen atoms in total. The van der Waals surface area contributed by atoms with Crippen molar-refractivity contribution in [3.05, 3.63) is 84.4 Å². The van der Waals surface area contributed by atoms with Crippen LogP contribution in [0.4, 0.5) is 22.7 Å². The van der Waals surface area contributed by atoms with Gasteiger partial charge in [-0.1, -0.05) is 30.3 Å². The predicted molar refractivity (Wildman–Crippen MR) is 109 cm³/mol. The van der Waals surface area contributed by atoms with Crippen LogP contribution in [0.1, 0.15) is 5.56 Å². The van der Waals surface area contributed by atoms with Gasteiger partial charge in [0.05, 0.1) is 6.42 Å². The van der Waals surface area contributed by atoms with Crippen molar-refractivity contribution in [1.29, 1.82) is 0 Å². The first kappa shape index (κ1) is 17.5. The molecule has 0 heterocycles. The normalized spacial score (nSPS) is 10.2. The third-order valence-electron chi connectivity index (χ3n) is 4.05. The quantitative estimate of drug-likeness (QED) is 0.682. The van der Waals surface area contributed by atoms with Gasteiger partial charge in [-0.15, -0.1) is 0 Å². The zero-order valence-corrected chi connectivity index (χ0v) is 15.1. The minimum absolute atomic E-state index is 0.0174. The molecule has 0 aliphatic heterocycles. The molecule has 2 N–H and O–H groups in total. The Morgan fingerprint density at radius 3 is 1.88 bits per heavy atom. The van der Waals surface area contributed by atoms with E-state index in [1.165, 1.54) is 0 Å². The maximum absolute atomic E-state index is 12.1. The van der Waals surface area contributed by atoms with E-state index in [0.29, 0.717) is 6.42 Å². The summed E-state index contributed by atoms with van der Waals surface area (Å²) in [5, 5.41) is 6.29. The minimum atomic E-state index is -0.0174. The number of amides is 1. The Morgan fingerprint density at radius 1 is 0.769 bits per heavy atom. The minimum Gasteiger partial charge on any atom is -0.378 e. The number of hydrogen-bond acceptors (Lipinski definition) is 3. The molecule has 0 aliphatic carbocycles. The van der Waals surface area contributed by atoms with Gasteiger partial charge < -0.3 is 15.5 Å². The molecule has 0 aliphatic rings. The van der Waals surface area contributed by atoms with Crippen LogP contribution in [-0.2, 0) is 11.2 Å². The summed E-state index contributed by atoms with van der Waals surface area (Å²) < 4.78 is 0. The van der Waals surface area contributed by atoms with Crippen LogP contribution in [0.5, 0.6) is 0 Å². The molecule has 3 aromatic carbocycles. The zero-order chi connectivity index (χ0) is 18.4. The monoisotopic (exact) mass is 345 g/mol. The highest BCUT2D eigenvalue weighted by Crippen LogP contribution is 2.21. The number of anilines is 4. The lowest BCUT2D eigenvalue weighted by Crippen LogP contribution is -2.14. The van der Waals surface area contributed by atoms with Gasteiger partial charge in [0.1, 0.15) is 0 Å². The smallest absolute Gasteiger partial charge is 0.228 e. The van der Waals surface area contributed by atoms with Crippen LogP contribution in [0.2, 0.25) is 0 Å². The second-order valence-corrected chi connectivity index (χ2v) is 6.35. The van der Waals surface area contributed by atoms with Gasteiger partial charge in [-0.3, -0.25) is 4.79 Å². The number of nitrogens with one attached hydrogen (secondary N) is 2. The van der Waals surface area contributed by atoms with Crippen LogP contribution < -0.4 is 15.5 Å². The van der Waals surface area contributed by atoms with E-state index < -0.39 is 0 Å². The van der Waals surface area contributed by atoms with Gasteiger partial charge in [0.2, 0.25) is 5.91 Å². The first-order valence-corrected chi connectivity index (χ1v) is 8.58. The molecule has 0 atom stereocenters. The predicted octanol–water partition coefficient (Wildman–Crippen LogP) is 4.68. The summed E-state index contributed by atoms with van der Waals surface area (Å²) in [6.45, 7) is 0. The van der Waals surface area contributed by atoms with Gasteiger partial charge >= 0.3 is 0 Å².